The summed E-state index contributed by atoms with van der Waals surface area (Å²) in [6, 6.07) is 12.6. The zero-order valence-electron chi connectivity index (χ0n) is 18.1. The normalized spacial score (nSPS) is 11.1. The Balaban J connectivity index is 1.53. The molecule has 0 aliphatic heterocycles. The highest BCUT2D eigenvalue weighted by Crippen LogP contribution is 2.27. The van der Waals surface area contributed by atoms with Gasteiger partial charge in [0, 0.05) is 18.7 Å². The van der Waals surface area contributed by atoms with Crippen molar-refractivity contribution in [2.45, 2.75) is 33.7 Å². The molecule has 32 heavy (non-hydrogen) atoms. The van der Waals surface area contributed by atoms with Crippen LogP contribution in [0.3, 0.4) is 0 Å². The van der Waals surface area contributed by atoms with E-state index in [1.165, 1.54) is 0 Å². The lowest BCUT2D eigenvalue weighted by molar-refractivity contribution is -0.116. The molecule has 0 saturated carbocycles. The Morgan fingerprint density at radius 2 is 1.97 bits per heavy atom. The Morgan fingerprint density at radius 1 is 1.12 bits per heavy atom. The minimum Gasteiger partial charge on any atom is -0.463 e. The molecule has 3 aromatic heterocycles. The number of benzene rings is 1. The third kappa shape index (κ3) is 4.69. The molecule has 0 fully saturated rings. The van der Waals surface area contributed by atoms with Gasteiger partial charge in [-0.25, -0.2) is 4.98 Å². The van der Waals surface area contributed by atoms with Crippen molar-refractivity contribution >= 4 is 28.6 Å². The molecular weight excluding hydrogens is 408 g/mol. The van der Waals surface area contributed by atoms with E-state index in [2.05, 4.69) is 20.8 Å². The Hall–Kier alpha value is -3.94. The Labute approximate surface area is 185 Å². The van der Waals surface area contributed by atoms with Crippen molar-refractivity contribution in [1.29, 1.82) is 0 Å². The van der Waals surface area contributed by atoms with Crippen LogP contribution in [0.25, 0.3) is 22.6 Å². The van der Waals surface area contributed by atoms with Crippen molar-refractivity contribution in [2.75, 3.05) is 5.32 Å². The predicted octanol–water partition coefficient (Wildman–Crippen LogP) is 4.71. The molecule has 1 aromatic carbocycles. The summed E-state index contributed by atoms with van der Waals surface area (Å²) >= 11 is 0. The van der Waals surface area contributed by atoms with Crippen LogP contribution >= 0.6 is 0 Å². The maximum absolute atomic E-state index is 13.1. The van der Waals surface area contributed by atoms with Crippen molar-refractivity contribution in [1.82, 2.24) is 15.5 Å². The fourth-order valence-electron chi connectivity index (χ4n) is 3.44. The summed E-state index contributed by atoms with van der Waals surface area (Å²) in [5.74, 6) is 0.487. The molecule has 0 aliphatic carbocycles. The molecule has 2 amide bonds. The summed E-state index contributed by atoms with van der Waals surface area (Å²) in [5, 5.41) is 10.3. The number of pyridine rings is 1. The van der Waals surface area contributed by atoms with Crippen molar-refractivity contribution in [3.8, 4) is 11.5 Å². The maximum atomic E-state index is 13.1. The number of furan rings is 1. The van der Waals surface area contributed by atoms with Gasteiger partial charge in [0.05, 0.1) is 22.9 Å². The van der Waals surface area contributed by atoms with Gasteiger partial charge in [-0.05, 0) is 48.7 Å². The maximum Gasteiger partial charge on any atom is 0.259 e. The van der Waals surface area contributed by atoms with E-state index in [1.807, 2.05) is 38.1 Å². The molecule has 0 spiro atoms. The predicted molar refractivity (Wildman–Crippen MR) is 120 cm³/mol. The molecular formula is C24H24N4O4. The first-order valence-electron chi connectivity index (χ1n) is 10.4. The van der Waals surface area contributed by atoms with E-state index in [9.17, 15) is 9.59 Å². The second-order valence-corrected chi connectivity index (χ2v) is 8.01. The van der Waals surface area contributed by atoms with Gasteiger partial charge in [-0.15, -0.1) is 0 Å². The molecule has 4 aromatic rings. The van der Waals surface area contributed by atoms with Gasteiger partial charge in [0.1, 0.15) is 5.69 Å². The highest BCUT2D eigenvalue weighted by atomic mass is 16.5. The molecule has 0 saturated heterocycles. The topological polar surface area (TPSA) is 110 Å². The first-order chi connectivity index (χ1) is 15.4. The fraction of sp³-hybridized carbons (Fsp3) is 0.250. The van der Waals surface area contributed by atoms with Crippen LogP contribution in [0.2, 0.25) is 0 Å². The summed E-state index contributed by atoms with van der Waals surface area (Å²) in [4.78, 5) is 29.5. The Kier molecular flexibility index (Phi) is 6.02. The summed E-state index contributed by atoms with van der Waals surface area (Å²) in [6.07, 6.45) is 1.99. The summed E-state index contributed by atoms with van der Waals surface area (Å²) in [6.45, 7) is 6.05. The number of nitrogens with zero attached hydrogens (tertiary/aromatic N) is 2. The van der Waals surface area contributed by atoms with Crippen molar-refractivity contribution in [3.05, 3.63) is 65.5 Å². The van der Waals surface area contributed by atoms with E-state index >= 15 is 0 Å². The monoisotopic (exact) mass is 432 g/mol. The third-order valence-electron chi connectivity index (χ3n) is 4.89. The molecule has 0 aliphatic rings. The molecule has 164 valence electrons. The highest BCUT2D eigenvalue weighted by Gasteiger charge is 2.20. The van der Waals surface area contributed by atoms with Gasteiger partial charge in [-0.3, -0.25) is 9.59 Å². The summed E-state index contributed by atoms with van der Waals surface area (Å²) in [5.41, 5.74) is 3.30. The van der Waals surface area contributed by atoms with Crippen LogP contribution in [-0.2, 0) is 11.3 Å². The molecule has 8 nitrogen and oxygen atoms in total. The number of hydrogen-bond donors (Lipinski definition) is 2. The highest BCUT2D eigenvalue weighted by molar-refractivity contribution is 6.06. The second-order valence-electron chi connectivity index (χ2n) is 8.01. The van der Waals surface area contributed by atoms with Crippen LogP contribution in [0, 0.1) is 12.8 Å². The van der Waals surface area contributed by atoms with Crippen molar-refractivity contribution in [3.63, 3.8) is 0 Å². The average Bonchev–Trinajstić information content (AvgIpc) is 3.41. The first-order valence-corrected chi connectivity index (χ1v) is 10.4. The average molecular weight is 432 g/mol. The van der Waals surface area contributed by atoms with Gasteiger partial charge in [0.15, 0.2) is 5.76 Å². The minimum atomic E-state index is -0.286. The van der Waals surface area contributed by atoms with Crippen LogP contribution in [0.4, 0.5) is 5.69 Å². The zero-order valence-corrected chi connectivity index (χ0v) is 18.1. The smallest absolute Gasteiger partial charge is 0.259 e. The third-order valence-corrected chi connectivity index (χ3v) is 4.89. The quantitative estimate of drug-likeness (QED) is 0.438. The van der Waals surface area contributed by atoms with E-state index in [0.717, 1.165) is 5.56 Å². The first kappa shape index (κ1) is 21.3. The SMILES string of the molecule is Cc1noc2nc(-c3ccco3)cc(C(=O)NCc3cccc(NC(=O)CC(C)C)c3)c12. The van der Waals surface area contributed by atoms with Gasteiger partial charge in [-0.2, -0.15) is 0 Å². The molecule has 0 atom stereocenters. The summed E-state index contributed by atoms with van der Waals surface area (Å²) in [7, 11) is 0. The van der Waals surface area contributed by atoms with Gasteiger partial charge >= 0.3 is 0 Å². The van der Waals surface area contributed by atoms with Crippen molar-refractivity contribution in [2.24, 2.45) is 5.92 Å². The van der Waals surface area contributed by atoms with E-state index < -0.39 is 0 Å². The number of aromatic nitrogens is 2. The number of hydrogen-bond acceptors (Lipinski definition) is 6. The molecule has 4 rings (SSSR count). The molecule has 0 bridgehead atoms. The van der Waals surface area contributed by atoms with Gasteiger partial charge in [0.2, 0.25) is 5.91 Å². The lowest BCUT2D eigenvalue weighted by Gasteiger charge is -2.10. The molecule has 8 heteroatoms. The number of carbonyl (C=O) groups is 2. The van der Waals surface area contributed by atoms with E-state index in [0.29, 0.717) is 40.2 Å². The van der Waals surface area contributed by atoms with Crippen molar-refractivity contribution < 1.29 is 18.5 Å². The molecule has 0 unspecified atom stereocenters. The molecule has 0 radical (unpaired) electrons. The van der Waals surface area contributed by atoms with Gasteiger partial charge < -0.3 is 19.6 Å². The van der Waals surface area contributed by atoms with Crippen LogP contribution in [0.1, 0.15) is 41.9 Å². The molecule has 2 N–H and O–H groups in total. The zero-order chi connectivity index (χ0) is 22.7. The number of aryl methyl sites for hydroxylation is 1. The number of amides is 2. The lowest BCUT2D eigenvalue weighted by atomic mass is 10.1. The number of nitrogens with one attached hydrogen (secondary N) is 2. The van der Waals surface area contributed by atoms with Crippen LogP contribution in [0.15, 0.2) is 57.7 Å². The van der Waals surface area contributed by atoms with Gasteiger partial charge in [-0.1, -0.05) is 31.1 Å². The van der Waals surface area contributed by atoms with E-state index in [1.54, 1.807) is 31.4 Å². The van der Waals surface area contributed by atoms with E-state index in [-0.39, 0.29) is 30.0 Å². The standard InChI is InChI=1S/C24H24N4O4/c1-14(2)10-21(29)26-17-7-4-6-16(11-17)13-25-23(30)18-12-19(20-8-5-9-31-20)27-24-22(18)15(3)28-32-24/h4-9,11-12,14H,10,13H2,1-3H3,(H,25,30)(H,26,29). The Morgan fingerprint density at radius 3 is 2.72 bits per heavy atom. The Bertz CT molecular complexity index is 1260. The number of rotatable bonds is 7. The lowest BCUT2D eigenvalue weighted by Crippen LogP contribution is -2.23. The second kappa shape index (κ2) is 9.05. The summed E-state index contributed by atoms with van der Waals surface area (Å²) < 4.78 is 10.7. The van der Waals surface area contributed by atoms with Crippen LogP contribution in [-0.4, -0.2) is 22.0 Å². The fourth-order valence-corrected chi connectivity index (χ4v) is 3.44. The van der Waals surface area contributed by atoms with Gasteiger partial charge in [0.25, 0.3) is 11.6 Å². The number of anilines is 1. The van der Waals surface area contributed by atoms with E-state index in [4.69, 9.17) is 8.94 Å². The number of fused-ring (bicyclic) bond motifs is 1. The number of carbonyl (C=O) groups excluding carboxylic acids is 2. The van der Waals surface area contributed by atoms with Crippen LogP contribution < -0.4 is 10.6 Å². The molecule has 3 heterocycles. The van der Waals surface area contributed by atoms with Crippen LogP contribution in [0.5, 0.6) is 0 Å². The largest absolute Gasteiger partial charge is 0.463 e. The minimum absolute atomic E-state index is 0.0336.